The summed E-state index contributed by atoms with van der Waals surface area (Å²) in [4.78, 5) is 20.4. The molecule has 0 unspecified atom stereocenters. The van der Waals surface area contributed by atoms with Crippen molar-refractivity contribution in [3.05, 3.63) is 65.6 Å². The van der Waals surface area contributed by atoms with Crippen LogP contribution in [-0.4, -0.2) is 40.4 Å². The van der Waals surface area contributed by atoms with Gasteiger partial charge in [0.05, 0.1) is 10.0 Å². The highest BCUT2D eigenvalue weighted by atomic mass is 32.1. The van der Waals surface area contributed by atoms with E-state index in [1.165, 1.54) is 19.8 Å². The average molecular weight is 958 g/mol. The second-order valence-corrected chi connectivity index (χ2v) is 30.4. The van der Waals surface area contributed by atoms with Gasteiger partial charge in [-0.05, 0) is 10.8 Å². The van der Waals surface area contributed by atoms with E-state index >= 15 is 0 Å². The van der Waals surface area contributed by atoms with Gasteiger partial charge < -0.3 is 9.05 Å². The van der Waals surface area contributed by atoms with Crippen LogP contribution in [0.4, 0.5) is 0 Å². The molecule has 0 aliphatic rings. The molecule has 0 atom stereocenters. The highest BCUT2D eigenvalue weighted by Crippen LogP contribution is 2.35. The fourth-order valence-electron chi connectivity index (χ4n) is 4.43. The highest BCUT2D eigenvalue weighted by molar-refractivity contribution is 7.12. The molecule has 0 N–H and O–H groups in total. The molecule has 10 nitrogen and oxygen atoms in total. The largest absolute Gasteiger partial charge is 0.339 e. The zero-order valence-corrected chi connectivity index (χ0v) is 49.2. The molecular weight excluding hydrogens is 865 g/mol. The van der Waals surface area contributed by atoms with E-state index in [0.717, 1.165) is 21.7 Å². The third-order valence-electron chi connectivity index (χ3n) is 8.96. The Labute approximate surface area is 408 Å². The van der Waals surface area contributed by atoms with Crippen molar-refractivity contribution in [3.8, 4) is 0 Å². The minimum atomic E-state index is -0.0590. The third kappa shape index (κ3) is 20.5. The maximum Gasteiger partial charge on any atom is 0.232 e. The number of nitrogens with zero attached hydrogens (tertiary/aromatic N) is 8. The van der Waals surface area contributed by atoms with Crippen LogP contribution in [0.2, 0.25) is 0 Å². The first-order valence-electron chi connectivity index (χ1n) is 23.0. The van der Waals surface area contributed by atoms with E-state index in [4.69, 9.17) is 9.05 Å². The van der Waals surface area contributed by atoms with E-state index in [0.29, 0.717) is 11.8 Å². The maximum atomic E-state index is 5.19. The summed E-state index contributed by atoms with van der Waals surface area (Å²) in [5.41, 5.74) is 0.917. The summed E-state index contributed by atoms with van der Waals surface area (Å²) in [5.74, 6) is 2.96. The van der Waals surface area contributed by atoms with E-state index in [2.05, 4.69) is 248 Å². The van der Waals surface area contributed by atoms with Crippen molar-refractivity contribution in [1.29, 1.82) is 0 Å². The van der Waals surface area contributed by atoms with E-state index < -0.39 is 0 Å². The van der Waals surface area contributed by atoms with Crippen molar-refractivity contribution in [2.45, 2.75) is 262 Å². The van der Waals surface area contributed by atoms with Gasteiger partial charge in [-0.2, -0.15) is 9.97 Å². The Balaban J connectivity index is 0.000000406. The van der Waals surface area contributed by atoms with Crippen LogP contribution in [0, 0.1) is 0 Å². The van der Waals surface area contributed by atoms with E-state index in [1.54, 1.807) is 11.3 Å². The number of rotatable bonds is 0. The van der Waals surface area contributed by atoms with Crippen LogP contribution >= 0.6 is 34.0 Å². The predicted octanol–water partition coefficient (Wildman–Crippen LogP) is 15.9. The van der Waals surface area contributed by atoms with Crippen LogP contribution in [0.3, 0.4) is 0 Å². The van der Waals surface area contributed by atoms with Crippen LogP contribution < -0.4 is 0 Å². The molecule has 5 aromatic heterocycles. The summed E-state index contributed by atoms with van der Waals surface area (Å²) < 4.78 is 10.4. The molecule has 0 amide bonds. The Bertz CT molecular complexity index is 1660. The lowest BCUT2D eigenvalue weighted by Gasteiger charge is -2.16. The maximum absolute atomic E-state index is 5.19. The topological polar surface area (TPSA) is 129 Å². The molecule has 0 saturated heterocycles. The molecule has 0 aromatic carbocycles. The Morgan fingerprint density at radius 1 is 0.308 bits per heavy atom. The Morgan fingerprint density at radius 3 is 0.692 bits per heavy atom. The minimum absolute atomic E-state index is 0.0347. The molecule has 0 aliphatic heterocycles. The van der Waals surface area contributed by atoms with Crippen molar-refractivity contribution in [1.82, 2.24) is 40.4 Å². The van der Waals surface area contributed by atoms with Gasteiger partial charge >= 0.3 is 0 Å². The number of aromatic nitrogens is 8. The molecule has 0 radical (unpaired) electrons. The van der Waals surface area contributed by atoms with Crippen molar-refractivity contribution in [2.24, 2.45) is 0 Å². The molecular formula is C52H92N8O2S3. The van der Waals surface area contributed by atoms with Crippen molar-refractivity contribution < 1.29 is 9.05 Å². The molecule has 13 heteroatoms. The van der Waals surface area contributed by atoms with Gasteiger partial charge in [0.1, 0.15) is 10.0 Å². The monoisotopic (exact) mass is 957 g/mol. The van der Waals surface area contributed by atoms with Crippen LogP contribution in [-0.2, 0) is 54.1 Å². The van der Waals surface area contributed by atoms with Gasteiger partial charge in [-0.3, -0.25) is 0 Å². The molecule has 0 aliphatic carbocycles. The van der Waals surface area contributed by atoms with Gasteiger partial charge in [0.15, 0.2) is 11.6 Å². The van der Waals surface area contributed by atoms with Crippen LogP contribution in [0.25, 0.3) is 0 Å². The third-order valence-corrected chi connectivity index (χ3v) is 14.4. The summed E-state index contributed by atoms with van der Waals surface area (Å²) in [5, 5.41) is 21.1. The minimum Gasteiger partial charge on any atom is -0.339 e. The second kappa shape index (κ2) is 21.2. The molecule has 370 valence electrons. The first kappa shape index (κ1) is 60.1. The normalized spacial score (nSPS) is 13.4. The first-order chi connectivity index (χ1) is 28.6. The standard InChI is InChI=1S/2C11H19NS.2C10H18N2O.C10H18N2S/c2*1-10(2,3)8-7-12-9(13-8)11(4,5)6;2*1-9(2,3)7-11-8(13-12-7)10(4,5)6;1-9(2,3)7-11-12-8(13-7)10(4,5)6/h2*7H,1-6H3;3*1-6H3. The number of thiazole rings is 2. The Hall–Kier alpha value is -2.90. The SMILES string of the molecule is CC(C)(C)c1cnc(C(C)(C)C)s1.CC(C)(C)c1cnc(C(C)(C)C)s1.CC(C)(C)c1nnc(C(C)(C)C)s1.CC(C)(C)c1noc(C(C)(C)C)n1.CC(C)(C)c1noc(C(C)(C)C)n1. The summed E-state index contributed by atoms with van der Waals surface area (Å²) in [6, 6.07) is 0. The fourth-order valence-corrected chi connectivity index (χ4v) is 7.45. The van der Waals surface area contributed by atoms with Crippen LogP contribution in [0.5, 0.6) is 0 Å². The first-order valence-corrected chi connectivity index (χ1v) is 25.5. The zero-order valence-electron chi connectivity index (χ0n) is 46.8. The molecule has 5 aromatic rings. The summed E-state index contributed by atoms with van der Waals surface area (Å²) in [7, 11) is 0. The molecule has 0 spiro atoms. The molecule has 0 bridgehead atoms. The Kier molecular flexibility index (Phi) is 19.6. The van der Waals surface area contributed by atoms with Gasteiger partial charge in [-0.15, -0.1) is 44.2 Å². The lowest BCUT2D eigenvalue weighted by atomic mass is 9.94. The van der Waals surface area contributed by atoms with Gasteiger partial charge in [-0.1, -0.05) is 218 Å². The molecule has 0 saturated carbocycles. The van der Waals surface area contributed by atoms with E-state index in [1.807, 2.05) is 35.1 Å². The van der Waals surface area contributed by atoms with Crippen molar-refractivity contribution in [3.63, 3.8) is 0 Å². The molecule has 65 heavy (non-hydrogen) atoms. The lowest BCUT2D eigenvalue weighted by molar-refractivity contribution is 0.314. The van der Waals surface area contributed by atoms with Crippen LogP contribution in [0.15, 0.2) is 21.4 Å². The van der Waals surface area contributed by atoms with Crippen molar-refractivity contribution in [2.75, 3.05) is 0 Å². The van der Waals surface area contributed by atoms with Gasteiger partial charge in [0.25, 0.3) is 0 Å². The van der Waals surface area contributed by atoms with Crippen LogP contribution in [0.1, 0.15) is 261 Å². The summed E-state index contributed by atoms with van der Waals surface area (Å²) in [6.07, 6.45) is 4.04. The zero-order chi connectivity index (χ0) is 51.4. The average Bonchev–Trinajstić information content (AvgIpc) is 3.92. The number of hydrogen-bond donors (Lipinski definition) is 0. The molecule has 0 fully saturated rings. The van der Waals surface area contributed by atoms with Gasteiger partial charge in [-0.25, -0.2) is 9.97 Å². The van der Waals surface area contributed by atoms with E-state index in [-0.39, 0.29) is 54.1 Å². The fraction of sp³-hybridized carbons (Fsp3) is 0.769. The molecule has 5 heterocycles. The predicted molar refractivity (Wildman–Crippen MR) is 280 cm³/mol. The number of hydrogen-bond acceptors (Lipinski definition) is 13. The highest BCUT2D eigenvalue weighted by Gasteiger charge is 2.29. The second-order valence-electron chi connectivity index (χ2n) is 27.3. The quantitative estimate of drug-likeness (QED) is 0.148. The van der Waals surface area contributed by atoms with E-state index in [9.17, 15) is 0 Å². The van der Waals surface area contributed by atoms with Crippen molar-refractivity contribution >= 4 is 34.0 Å². The Morgan fingerprint density at radius 2 is 0.569 bits per heavy atom. The smallest absolute Gasteiger partial charge is 0.232 e. The summed E-state index contributed by atoms with van der Waals surface area (Å²) >= 11 is 5.40. The summed E-state index contributed by atoms with van der Waals surface area (Å²) in [6.45, 7) is 64.4. The molecule has 5 rings (SSSR count). The van der Waals surface area contributed by atoms with Gasteiger partial charge in [0.2, 0.25) is 11.8 Å². The lowest BCUT2D eigenvalue weighted by Crippen LogP contribution is -2.15. The van der Waals surface area contributed by atoms with Gasteiger partial charge in [0, 0.05) is 65.5 Å².